The molecule has 0 saturated carbocycles. The zero-order valence-electron chi connectivity index (χ0n) is 9.58. The standard InChI is InChI=1S/C13H17NS/c1-10-4-11(2)6-13(5-10)9-15-8-12(3)7-14/h4-6,12H,8-9H2,1-3H3. The highest BCUT2D eigenvalue weighted by Gasteiger charge is 2.01. The summed E-state index contributed by atoms with van der Waals surface area (Å²) >= 11 is 1.83. The second kappa shape index (κ2) is 5.82. The lowest BCUT2D eigenvalue weighted by atomic mass is 10.1. The van der Waals surface area contributed by atoms with Crippen molar-refractivity contribution in [2.45, 2.75) is 26.5 Å². The van der Waals surface area contributed by atoms with Crippen molar-refractivity contribution >= 4 is 11.8 Å². The molecule has 0 radical (unpaired) electrons. The molecule has 1 aromatic rings. The minimum atomic E-state index is 0.154. The van der Waals surface area contributed by atoms with Crippen LogP contribution in [0.4, 0.5) is 0 Å². The predicted molar refractivity (Wildman–Crippen MR) is 66.9 cm³/mol. The van der Waals surface area contributed by atoms with Gasteiger partial charge in [-0.2, -0.15) is 17.0 Å². The fourth-order valence-electron chi connectivity index (χ4n) is 1.54. The molecule has 0 aliphatic rings. The molecule has 0 N–H and O–H groups in total. The number of rotatable bonds is 4. The van der Waals surface area contributed by atoms with Crippen LogP contribution in [-0.2, 0) is 5.75 Å². The summed E-state index contributed by atoms with van der Waals surface area (Å²) in [6.07, 6.45) is 0. The molecule has 0 aliphatic heterocycles. The number of hydrogen-bond donors (Lipinski definition) is 0. The molecule has 1 rings (SSSR count). The molecule has 1 aromatic carbocycles. The van der Waals surface area contributed by atoms with E-state index in [1.54, 1.807) is 0 Å². The van der Waals surface area contributed by atoms with E-state index >= 15 is 0 Å². The number of nitrogens with zero attached hydrogens (tertiary/aromatic N) is 1. The molecule has 1 unspecified atom stereocenters. The molecule has 0 aliphatic carbocycles. The quantitative estimate of drug-likeness (QED) is 0.771. The van der Waals surface area contributed by atoms with Gasteiger partial charge in [0.25, 0.3) is 0 Å². The Morgan fingerprint density at radius 1 is 1.27 bits per heavy atom. The van der Waals surface area contributed by atoms with Crippen LogP contribution in [-0.4, -0.2) is 5.75 Å². The zero-order valence-corrected chi connectivity index (χ0v) is 10.4. The summed E-state index contributed by atoms with van der Waals surface area (Å²) in [4.78, 5) is 0. The minimum absolute atomic E-state index is 0.154. The van der Waals surface area contributed by atoms with Gasteiger partial charge in [0.05, 0.1) is 12.0 Å². The average Bonchev–Trinajstić information content (AvgIpc) is 2.16. The molecule has 15 heavy (non-hydrogen) atoms. The molecule has 1 atom stereocenters. The Morgan fingerprint density at radius 2 is 1.87 bits per heavy atom. The van der Waals surface area contributed by atoms with Crippen LogP contribution in [0.3, 0.4) is 0 Å². The first-order chi connectivity index (χ1) is 7.11. The molecule has 0 amide bonds. The normalized spacial score (nSPS) is 12.1. The Hall–Kier alpha value is -0.940. The van der Waals surface area contributed by atoms with Crippen LogP contribution in [0.15, 0.2) is 18.2 Å². The fraction of sp³-hybridized carbons (Fsp3) is 0.462. The molecule has 0 heterocycles. The smallest absolute Gasteiger partial charge is 0.0661 e. The SMILES string of the molecule is Cc1cc(C)cc(CSCC(C)C#N)c1. The van der Waals surface area contributed by atoms with Gasteiger partial charge < -0.3 is 0 Å². The van der Waals surface area contributed by atoms with Crippen LogP contribution >= 0.6 is 11.8 Å². The van der Waals surface area contributed by atoms with Crippen LogP contribution in [0.5, 0.6) is 0 Å². The van der Waals surface area contributed by atoms with Crippen LogP contribution in [0, 0.1) is 31.1 Å². The summed E-state index contributed by atoms with van der Waals surface area (Å²) in [5.41, 5.74) is 4.00. The average molecular weight is 219 g/mol. The first-order valence-electron chi connectivity index (χ1n) is 5.16. The van der Waals surface area contributed by atoms with Gasteiger partial charge >= 0.3 is 0 Å². The van der Waals surface area contributed by atoms with Crippen LogP contribution in [0.25, 0.3) is 0 Å². The molecular formula is C13H17NS. The van der Waals surface area contributed by atoms with Gasteiger partial charge in [-0.25, -0.2) is 0 Å². The molecule has 0 spiro atoms. The van der Waals surface area contributed by atoms with Crippen molar-refractivity contribution in [1.29, 1.82) is 5.26 Å². The van der Waals surface area contributed by atoms with Crippen LogP contribution < -0.4 is 0 Å². The molecule has 0 fully saturated rings. The number of aryl methyl sites for hydroxylation is 2. The highest BCUT2D eigenvalue weighted by atomic mass is 32.2. The van der Waals surface area contributed by atoms with Crippen molar-refractivity contribution in [2.75, 3.05) is 5.75 Å². The maximum atomic E-state index is 8.66. The van der Waals surface area contributed by atoms with E-state index in [1.165, 1.54) is 16.7 Å². The van der Waals surface area contributed by atoms with Gasteiger partial charge in [0.2, 0.25) is 0 Å². The van der Waals surface area contributed by atoms with E-state index in [1.807, 2.05) is 18.7 Å². The van der Waals surface area contributed by atoms with E-state index in [-0.39, 0.29) is 5.92 Å². The number of nitriles is 1. The Bertz CT molecular complexity index is 345. The van der Waals surface area contributed by atoms with Gasteiger partial charge in [-0.1, -0.05) is 29.3 Å². The van der Waals surface area contributed by atoms with Crippen LogP contribution in [0.2, 0.25) is 0 Å². The summed E-state index contributed by atoms with van der Waals surface area (Å²) in [5, 5.41) is 8.66. The lowest BCUT2D eigenvalue weighted by molar-refractivity contribution is 0.864. The Labute approximate surface area is 96.5 Å². The summed E-state index contributed by atoms with van der Waals surface area (Å²) in [6, 6.07) is 8.88. The van der Waals surface area contributed by atoms with E-state index < -0.39 is 0 Å². The maximum absolute atomic E-state index is 8.66. The van der Waals surface area contributed by atoms with E-state index in [9.17, 15) is 0 Å². The van der Waals surface area contributed by atoms with Crippen molar-refractivity contribution in [1.82, 2.24) is 0 Å². The Kier molecular flexibility index (Phi) is 4.71. The predicted octanol–water partition coefficient (Wildman–Crippen LogP) is 3.70. The van der Waals surface area contributed by atoms with Crippen molar-refractivity contribution in [3.05, 3.63) is 34.9 Å². The van der Waals surface area contributed by atoms with Gasteiger partial charge in [-0.15, -0.1) is 0 Å². The summed E-state index contributed by atoms with van der Waals surface area (Å²) in [5.74, 6) is 2.08. The van der Waals surface area contributed by atoms with Crippen molar-refractivity contribution < 1.29 is 0 Å². The van der Waals surface area contributed by atoms with Gasteiger partial charge in [-0.3, -0.25) is 0 Å². The summed E-state index contributed by atoms with van der Waals surface area (Å²) in [6.45, 7) is 6.21. The third kappa shape index (κ3) is 4.40. The van der Waals surface area contributed by atoms with E-state index in [0.29, 0.717) is 0 Å². The summed E-state index contributed by atoms with van der Waals surface area (Å²) in [7, 11) is 0. The molecule has 2 heteroatoms. The third-order valence-electron chi connectivity index (χ3n) is 2.14. The van der Waals surface area contributed by atoms with E-state index in [4.69, 9.17) is 5.26 Å². The fourth-order valence-corrected chi connectivity index (χ4v) is 2.49. The Balaban J connectivity index is 2.48. The monoisotopic (exact) mass is 219 g/mol. The molecule has 0 aromatic heterocycles. The lowest BCUT2D eigenvalue weighted by Crippen LogP contribution is -1.94. The van der Waals surface area contributed by atoms with Gasteiger partial charge in [-0.05, 0) is 26.3 Å². The largest absolute Gasteiger partial charge is 0.198 e. The third-order valence-corrected chi connectivity index (χ3v) is 3.41. The second-order valence-corrected chi connectivity index (χ2v) is 5.07. The van der Waals surface area contributed by atoms with E-state index in [2.05, 4.69) is 38.1 Å². The molecular weight excluding hydrogens is 202 g/mol. The zero-order chi connectivity index (χ0) is 11.3. The van der Waals surface area contributed by atoms with Crippen molar-refractivity contribution in [2.24, 2.45) is 5.92 Å². The van der Waals surface area contributed by atoms with Gasteiger partial charge in [0.15, 0.2) is 0 Å². The summed E-state index contributed by atoms with van der Waals surface area (Å²) < 4.78 is 0. The molecule has 0 saturated heterocycles. The first kappa shape index (κ1) is 12.1. The van der Waals surface area contributed by atoms with Gasteiger partial charge in [0.1, 0.15) is 0 Å². The molecule has 0 bridgehead atoms. The van der Waals surface area contributed by atoms with Crippen molar-refractivity contribution in [3.63, 3.8) is 0 Å². The molecule has 80 valence electrons. The highest BCUT2D eigenvalue weighted by Crippen LogP contribution is 2.17. The Morgan fingerprint density at radius 3 is 2.40 bits per heavy atom. The molecule has 1 nitrogen and oxygen atoms in total. The highest BCUT2D eigenvalue weighted by molar-refractivity contribution is 7.98. The minimum Gasteiger partial charge on any atom is -0.198 e. The van der Waals surface area contributed by atoms with Gasteiger partial charge in [0, 0.05) is 11.5 Å². The van der Waals surface area contributed by atoms with E-state index in [0.717, 1.165) is 11.5 Å². The lowest BCUT2D eigenvalue weighted by Gasteiger charge is -2.05. The first-order valence-corrected chi connectivity index (χ1v) is 6.32. The van der Waals surface area contributed by atoms with Crippen LogP contribution in [0.1, 0.15) is 23.6 Å². The topological polar surface area (TPSA) is 23.8 Å². The maximum Gasteiger partial charge on any atom is 0.0661 e. The van der Waals surface area contributed by atoms with Crippen molar-refractivity contribution in [3.8, 4) is 6.07 Å². The number of benzene rings is 1. The number of thioether (sulfide) groups is 1. The number of hydrogen-bond acceptors (Lipinski definition) is 2. The second-order valence-electron chi connectivity index (χ2n) is 4.04.